The summed E-state index contributed by atoms with van der Waals surface area (Å²) in [7, 11) is 0. The van der Waals surface area contributed by atoms with E-state index in [0.29, 0.717) is 38.3 Å². The molecule has 0 aromatic heterocycles. The quantitative estimate of drug-likeness (QED) is 0.747. The molecule has 0 saturated carbocycles. The summed E-state index contributed by atoms with van der Waals surface area (Å²) in [4.78, 5) is 11.9. The van der Waals surface area contributed by atoms with Crippen LogP contribution in [-0.4, -0.2) is 42.4 Å². The number of halogens is 1. The highest BCUT2D eigenvalue weighted by molar-refractivity contribution is 5.91. The molecule has 0 bridgehead atoms. The van der Waals surface area contributed by atoms with E-state index in [9.17, 15) is 14.3 Å². The van der Waals surface area contributed by atoms with Crippen molar-refractivity contribution in [2.24, 2.45) is 0 Å². The molecule has 1 saturated heterocycles. The first kappa shape index (κ1) is 16.9. The van der Waals surface area contributed by atoms with Gasteiger partial charge in [-0.15, -0.1) is 0 Å². The van der Waals surface area contributed by atoms with Crippen LogP contribution in [0.15, 0.2) is 24.3 Å². The van der Waals surface area contributed by atoms with Gasteiger partial charge < -0.3 is 20.5 Å². The van der Waals surface area contributed by atoms with Crippen LogP contribution in [0, 0.1) is 5.82 Å². The Hall–Kier alpha value is -1.50. The third kappa shape index (κ3) is 5.36. The summed E-state index contributed by atoms with van der Waals surface area (Å²) >= 11 is 0. The Balaban J connectivity index is 1.72. The summed E-state index contributed by atoms with van der Waals surface area (Å²) in [5.74, 6) is -0.483. The number of nitrogens with one attached hydrogen (secondary N) is 2. The SMILES string of the molecule is CC(CC(=O)Nc1ccc(F)cc1)NCC1(O)CCOCC1. The molecule has 5 nitrogen and oxygen atoms in total. The normalized spacial score (nSPS) is 18.7. The summed E-state index contributed by atoms with van der Waals surface area (Å²) in [6.07, 6.45) is 1.49. The number of ether oxygens (including phenoxy) is 1. The van der Waals surface area contributed by atoms with Crippen LogP contribution in [0.25, 0.3) is 0 Å². The zero-order valence-electron chi connectivity index (χ0n) is 12.8. The second-order valence-electron chi connectivity index (χ2n) is 5.88. The van der Waals surface area contributed by atoms with Crippen LogP contribution in [0.2, 0.25) is 0 Å². The fraction of sp³-hybridized carbons (Fsp3) is 0.562. The van der Waals surface area contributed by atoms with E-state index in [4.69, 9.17) is 4.74 Å². The van der Waals surface area contributed by atoms with Gasteiger partial charge >= 0.3 is 0 Å². The van der Waals surface area contributed by atoms with Gasteiger partial charge in [0.05, 0.1) is 5.60 Å². The summed E-state index contributed by atoms with van der Waals surface area (Å²) in [5.41, 5.74) is -0.179. The number of anilines is 1. The van der Waals surface area contributed by atoms with Gasteiger partial charge in [0.2, 0.25) is 5.91 Å². The average molecular weight is 310 g/mol. The van der Waals surface area contributed by atoms with Crippen molar-refractivity contribution in [1.29, 1.82) is 0 Å². The topological polar surface area (TPSA) is 70.6 Å². The molecule has 6 heteroatoms. The van der Waals surface area contributed by atoms with Gasteiger partial charge in [-0.1, -0.05) is 0 Å². The Morgan fingerprint density at radius 3 is 2.64 bits per heavy atom. The van der Waals surface area contributed by atoms with E-state index in [1.807, 2.05) is 6.92 Å². The molecular weight excluding hydrogens is 287 g/mol. The summed E-state index contributed by atoms with van der Waals surface area (Å²) in [6.45, 7) is 3.48. The maximum Gasteiger partial charge on any atom is 0.225 e. The lowest BCUT2D eigenvalue weighted by molar-refractivity contribution is -0.116. The lowest BCUT2D eigenvalue weighted by Crippen LogP contribution is -2.47. The molecule has 22 heavy (non-hydrogen) atoms. The van der Waals surface area contributed by atoms with Crippen molar-refractivity contribution in [2.75, 3.05) is 25.1 Å². The number of hydrogen-bond donors (Lipinski definition) is 3. The van der Waals surface area contributed by atoms with Crippen LogP contribution < -0.4 is 10.6 Å². The minimum atomic E-state index is -0.750. The van der Waals surface area contributed by atoms with Gasteiger partial charge in [0, 0.05) is 50.8 Å². The van der Waals surface area contributed by atoms with Crippen molar-refractivity contribution < 1.29 is 19.0 Å². The minimum Gasteiger partial charge on any atom is -0.388 e. The second-order valence-corrected chi connectivity index (χ2v) is 5.88. The molecule has 0 radical (unpaired) electrons. The molecular formula is C16H23FN2O3. The molecule has 1 heterocycles. The first-order chi connectivity index (χ1) is 10.5. The van der Waals surface area contributed by atoms with E-state index in [2.05, 4.69) is 10.6 Å². The Kier molecular flexibility index (Phi) is 5.88. The van der Waals surface area contributed by atoms with E-state index in [1.165, 1.54) is 24.3 Å². The number of amides is 1. The standard InChI is InChI=1S/C16H23FN2O3/c1-12(18-11-16(21)6-8-22-9-7-16)10-15(20)19-14-4-2-13(17)3-5-14/h2-5,12,18,21H,6-11H2,1H3,(H,19,20). The van der Waals surface area contributed by atoms with Crippen molar-refractivity contribution >= 4 is 11.6 Å². The molecule has 1 aliphatic heterocycles. The highest BCUT2D eigenvalue weighted by Crippen LogP contribution is 2.19. The van der Waals surface area contributed by atoms with Crippen molar-refractivity contribution in [3.8, 4) is 0 Å². The van der Waals surface area contributed by atoms with Crippen LogP contribution in [0.3, 0.4) is 0 Å². The summed E-state index contributed by atoms with van der Waals surface area (Å²) < 4.78 is 18.0. The van der Waals surface area contributed by atoms with Crippen LogP contribution in [-0.2, 0) is 9.53 Å². The number of benzene rings is 1. The van der Waals surface area contributed by atoms with E-state index < -0.39 is 5.60 Å². The fourth-order valence-corrected chi connectivity index (χ4v) is 2.39. The molecule has 1 fully saturated rings. The first-order valence-electron chi connectivity index (χ1n) is 7.56. The Labute approximate surface area is 129 Å². The molecule has 1 unspecified atom stereocenters. The molecule has 1 aromatic carbocycles. The van der Waals surface area contributed by atoms with Gasteiger partial charge in [0.1, 0.15) is 5.82 Å². The van der Waals surface area contributed by atoms with E-state index >= 15 is 0 Å². The predicted molar refractivity (Wildman–Crippen MR) is 82.1 cm³/mol. The lowest BCUT2D eigenvalue weighted by atomic mass is 9.94. The van der Waals surface area contributed by atoms with Gasteiger partial charge in [-0.25, -0.2) is 4.39 Å². The van der Waals surface area contributed by atoms with Crippen LogP contribution in [0.4, 0.5) is 10.1 Å². The number of carbonyl (C=O) groups excluding carboxylic acids is 1. The number of hydrogen-bond acceptors (Lipinski definition) is 4. The summed E-state index contributed by atoms with van der Waals surface area (Å²) in [6, 6.07) is 5.59. The van der Waals surface area contributed by atoms with Crippen LogP contribution in [0.5, 0.6) is 0 Å². The molecule has 122 valence electrons. The zero-order valence-corrected chi connectivity index (χ0v) is 12.8. The van der Waals surface area contributed by atoms with Gasteiger partial charge in [-0.05, 0) is 31.2 Å². The van der Waals surface area contributed by atoms with Crippen LogP contribution in [0.1, 0.15) is 26.2 Å². The Morgan fingerprint density at radius 1 is 1.36 bits per heavy atom. The maximum atomic E-state index is 12.8. The molecule has 1 aromatic rings. The van der Waals surface area contributed by atoms with E-state index in [0.717, 1.165) is 0 Å². The first-order valence-corrected chi connectivity index (χ1v) is 7.56. The molecule has 0 aliphatic carbocycles. The molecule has 1 aliphatic rings. The highest BCUT2D eigenvalue weighted by atomic mass is 19.1. The Bertz CT molecular complexity index is 487. The van der Waals surface area contributed by atoms with Gasteiger partial charge in [0.15, 0.2) is 0 Å². The number of rotatable bonds is 6. The Morgan fingerprint density at radius 2 is 2.00 bits per heavy atom. The van der Waals surface area contributed by atoms with Crippen LogP contribution >= 0.6 is 0 Å². The molecule has 3 N–H and O–H groups in total. The zero-order chi connectivity index (χ0) is 16.0. The molecule has 1 atom stereocenters. The molecule has 2 rings (SSSR count). The number of carbonyl (C=O) groups is 1. The van der Waals surface area contributed by atoms with E-state index in [-0.39, 0.29) is 24.2 Å². The lowest BCUT2D eigenvalue weighted by Gasteiger charge is -2.33. The second kappa shape index (κ2) is 7.67. The van der Waals surface area contributed by atoms with Gasteiger partial charge in [-0.3, -0.25) is 4.79 Å². The predicted octanol–water partition coefficient (Wildman–Crippen LogP) is 1.67. The molecule has 0 spiro atoms. The van der Waals surface area contributed by atoms with Crippen molar-refractivity contribution in [3.05, 3.63) is 30.1 Å². The number of aliphatic hydroxyl groups is 1. The van der Waals surface area contributed by atoms with Gasteiger partial charge in [0.25, 0.3) is 0 Å². The third-order valence-electron chi connectivity index (χ3n) is 3.82. The smallest absolute Gasteiger partial charge is 0.225 e. The maximum absolute atomic E-state index is 12.8. The van der Waals surface area contributed by atoms with Crippen molar-refractivity contribution in [1.82, 2.24) is 5.32 Å². The largest absolute Gasteiger partial charge is 0.388 e. The van der Waals surface area contributed by atoms with Crippen molar-refractivity contribution in [3.63, 3.8) is 0 Å². The molecule has 1 amide bonds. The monoisotopic (exact) mass is 310 g/mol. The van der Waals surface area contributed by atoms with Crippen molar-refractivity contribution in [2.45, 2.75) is 37.8 Å². The van der Waals surface area contributed by atoms with Gasteiger partial charge in [-0.2, -0.15) is 0 Å². The third-order valence-corrected chi connectivity index (χ3v) is 3.82. The summed E-state index contributed by atoms with van der Waals surface area (Å²) in [5, 5.41) is 16.2. The minimum absolute atomic E-state index is 0.0627. The highest BCUT2D eigenvalue weighted by Gasteiger charge is 2.29. The average Bonchev–Trinajstić information content (AvgIpc) is 2.48. The fourth-order valence-electron chi connectivity index (χ4n) is 2.39. The van der Waals surface area contributed by atoms with E-state index in [1.54, 1.807) is 0 Å².